The van der Waals surface area contributed by atoms with Crippen LogP contribution in [-0.4, -0.2) is 6.29 Å². The van der Waals surface area contributed by atoms with E-state index in [2.05, 4.69) is 9.47 Å². The van der Waals surface area contributed by atoms with E-state index in [-0.39, 0.29) is 21.5 Å². The second kappa shape index (κ2) is 5.44. The van der Waals surface area contributed by atoms with Crippen LogP contribution in [0.15, 0.2) is 30.6 Å². The maximum absolute atomic E-state index is 13.0. The Hall–Kier alpha value is -1.79. The molecule has 0 fully saturated rings. The predicted octanol–water partition coefficient (Wildman–Crippen LogP) is 3.73. The predicted molar refractivity (Wildman–Crippen MR) is 75.5 cm³/mol. The zero-order chi connectivity index (χ0) is 15.9. The maximum atomic E-state index is 13.0. The fourth-order valence-corrected chi connectivity index (χ4v) is 2.82. The molecule has 1 aliphatic heterocycles. The summed E-state index contributed by atoms with van der Waals surface area (Å²) in [7, 11) is 0. The first-order chi connectivity index (χ1) is 10.3. The van der Waals surface area contributed by atoms with Crippen LogP contribution in [0.3, 0.4) is 0 Å². The lowest BCUT2D eigenvalue weighted by Gasteiger charge is -2.07. The Labute approximate surface area is 134 Å². The Kier molecular flexibility index (Phi) is 3.74. The Morgan fingerprint density at radius 3 is 2.36 bits per heavy atom. The van der Waals surface area contributed by atoms with E-state index in [9.17, 15) is 14.0 Å². The molecule has 0 radical (unpaired) electrons. The van der Waals surface area contributed by atoms with Gasteiger partial charge >= 0.3 is 6.29 Å². The molecular formula is C14H9Cl2F2NO3. The molecule has 0 amide bonds. The van der Waals surface area contributed by atoms with Gasteiger partial charge in [-0.2, -0.15) is 4.73 Å². The topological polar surface area (TPSA) is 45.4 Å². The number of nitrogens with zero attached hydrogens (tertiary/aromatic N) is 1. The summed E-state index contributed by atoms with van der Waals surface area (Å²) in [6.45, 7) is 0. The fourth-order valence-electron chi connectivity index (χ4n) is 2.19. The molecule has 1 aromatic heterocycles. The van der Waals surface area contributed by atoms with E-state index in [1.54, 1.807) is 6.07 Å². The highest BCUT2D eigenvalue weighted by Gasteiger charge is 2.43. The van der Waals surface area contributed by atoms with Crippen molar-refractivity contribution in [2.24, 2.45) is 0 Å². The molecule has 3 rings (SSSR count). The maximum Gasteiger partial charge on any atom is 0.586 e. The van der Waals surface area contributed by atoms with Crippen LogP contribution in [0.1, 0.15) is 11.1 Å². The molecule has 0 unspecified atom stereocenters. The van der Waals surface area contributed by atoms with Crippen molar-refractivity contribution in [3.8, 4) is 11.5 Å². The average Bonchev–Trinajstić information content (AvgIpc) is 2.70. The summed E-state index contributed by atoms with van der Waals surface area (Å²) in [5, 5.41) is 11.7. The van der Waals surface area contributed by atoms with Crippen molar-refractivity contribution >= 4 is 23.2 Å². The van der Waals surface area contributed by atoms with E-state index >= 15 is 0 Å². The van der Waals surface area contributed by atoms with E-state index in [4.69, 9.17) is 23.2 Å². The molecule has 0 bridgehead atoms. The largest absolute Gasteiger partial charge is 0.619 e. The van der Waals surface area contributed by atoms with Gasteiger partial charge in [-0.15, -0.1) is 8.78 Å². The third-order valence-corrected chi connectivity index (χ3v) is 3.84. The van der Waals surface area contributed by atoms with Gasteiger partial charge in [-0.25, -0.2) is 0 Å². The molecule has 0 aliphatic carbocycles. The molecule has 8 heteroatoms. The summed E-state index contributed by atoms with van der Waals surface area (Å²) in [6.07, 6.45) is -0.264. The minimum Gasteiger partial charge on any atom is -0.619 e. The highest BCUT2D eigenvalue weighted by molar-refractivity contribution is 6.35. The summed E-state index contributed by atoms with van der Waals surface area (Å²) in [4.78, 5) is 0. The van der Waals surface area contributed by atoms with Gasteiger partial charge in [0.05, 0.1) is 0 Å². The zero-order valence-electron chi connectivity index (χ0n) is 11.0. The molecule has 1 aromatic carbocycles. The molecule has 116 valence electrons. The monoisotopic (exact) mass is 347 g/mol. The van der Waals surface area contributed by atoms with Crippen molar-refractivity contribution in [2.75, 3.05) is 0 Å². The summed E-state index contributed by atoms with van der Waals surface area (Å²) in [5.41, 5.74) is 1.38. The van der Waals surface area contributed by atoms with Crippen LogP contribution >= 0.6 is 23.2 Å². The van der Waals surface area contributed by atoms with Crippen LogP contribution in [0.5, 0.6) is 11.5 Å². The molecule has 2 aromatic rings. The van der Waals surface area contributed by atoms with E-state index in [1.165, 1.54) is 24.5 Å². The molecule has 0 N–H and O–H groups in total. The van der Waals surface area contributed by atoms with Crippen LogP contribution in [0.25, 0.3) is 0 Å². The van der Waals surface area contributed by atoms with Gasteiger partial charge in [-0.05, 0) is 30.5 Å². The number of rotatable bonds is 3. The quantitative estimate of drug-likeness (QED) is 0.627. The van der Waals surface area contributed by atoms with Crippen molar-refractivity contribution < 1.29 is 23.0 Å². The molecule has 0 saturated heterocycles. The smallest absolute Gasteiger partial charge is 0.586 e. The number of fused-ring (bicyclic) bond motifs is 1. The number of ether oxygens (including phenoxy) is 2. The number of hydrogen-bond donors (Lipinski definition) is 0. The number of halogens is 4. The molecule has 0 saturated carbocycles. The molecular weight excluding hydrogens is 339 g/mol. The third kappa shape index (κ3) is 3.03. The van der Waals surface area contributed by atoms with Gasteiger partial charge in [-0.1, -0.05) is 29.3 Å². The molecule has 22 heavy (non-hydrogen) atoms. The standard InChI is InChI=1S/C14H9Cl2F2NO3/c15-10-6-19(20)7-11(16)9(10)3-1-8-2-4-12-13(5-8)22-14(17,18)21-12/h2,4-7H,1,3H2. The lowest BCUT2D eigenvalue weighted by molar-refractivity contribution is -0.605. The number of pyridine rings is 1. The first-order valence-electron chi connectivity index (χ1n) is 6.29. The van der Waals surface area contributed by atoms with Crippen LogP contribution in [0, 0.1) is 5.21 Å². The molecule has 0 atom stereocenters. The van der Waals surface area contributed by atoms with Crippen LogP contribution in [-0.2, 0) is 12.8 Å². The average molecular weight is 348 g/mol. The van der Waals surface area contributed by atoms with E-state index in [0.29, 0.717) is 23.1 Å². The van der Waals surface area contributed by atoms with Gasteiger partial charge in [-0.3, -0.25) is 0 Å². The lowest BCUT2D eigenvalue weighted by atomic mass is 10.0. The lowest BCUT2D eigenvalue weighted by Crippen LogP contribution is -2.25. The highest BCUT2D eigenvalue weighted by Crippen LogP contribution is 2.41. The zero-order valence-corrected chi connectivity index (χ0v) is 12.5. The van der Waals surface area contributed by atoms with Crippen LogP contribution in [0.2, 0.25) is 10.0 Å². The van der Waals surface area contributed by atoms with Gasteiger partial charge in [0, 0.05) is 5.56 Å². The van der Waals surface area contributed by atoms with Gasteiger partial charge < -0.3 is 14.7 Å². The highest BCUT2D eigenvalue weighted by atomic mass is 35.5. The van der Waals surface area contributed by atoms with Gasteiger partial charge in [0.15, 0.2) is 23.9 Å². The minimum atomic E-state index is -3.63. The number of hydrogen-bond acceptors (Lipinski definition) is 3. The second-order valence-corrected chi connectivity index (χ2v) is 5.56. The van der Waals surface area contributed by atoms with Gasteiger partial charge in [0.1, 0.15) is 10.0 Å². The van der Waals surface area contributed by atoms with Crippen LogP contribution < -0.4 is 14.2 Å². The number of alkyl halides is 2. The molecule has 0 spiro atoms. The van der Waals surface area contributed by atoms with Crippen molar-refractivity contribution in [2.45, 2.75) is 19.1 Å². The molecule has 1 aliphatic rings. The van der Waals surface area contributed by atoms with Crippen molar-refractivity contribution in [3.63, 3.8) is 0 Å². The Bertz CT molecular complexity index is 717. The van der Waals surface area contributed by atoms with Crippen molar-refractivity contribution in [1.82, 2.24) is 0 Å². The van der Waals surface area contributed by atoms with Gasteiger partial charge in [0.25, 0.3) is 0 Å². The normalized spacial score (nSPS) is 15.1. The Balaban J connectivity index is 1.76. The van der Waals surface area contributed by atoms with E-state index in [1.807, 2.05) is 0 Å². The summed E-state index contributed by atoms with van der Waals surface area (Å²) in [5.74, 6) is -0.0120. The number of aromatic nitrogens is 1. The van der Waals surface area contributed by atoms with Crippen LogP contribution in [0.4, 0.5) is 8.78 Å². The molecule has 4 nitrogen and oxygen atoms in total. The summed E-state index contributed by atoms with van der Waals surface area (Å²) < 4.78 is 35.2. The summed E-state index contributed by atoms with van der Waals surface area (Å²) >= 11 is 12.0. The van der Waals surface area contributed by atoms with E-state index < -0.39 is 6.29 Å². The summed E-state index contributed by atoms with van der Waals surface area (Å²) in [6, 6.07) is 4.56. The SMILES string of the molecule is [O-][n+]1cc(Cl)c(CCc2ccc3c(c2)OC(F)(F)O3)c(Cl)c1. The number of benzene rings is 1. The Morgan fingerprint density at radius 1 is 1.05 bits per heavy atom. The third-order valence-electron chi connectivity index (χ3n) is 3.19. The van der Waals surface area contributed by atoms with Crippen molar-refractivity contribution in [1.29, 1.82) is 0 Å². The second-order valence-electron chi connectivity index (χ2n) is 4.74. The molecule has 2 heterocycles. The first-order valence-corrected chi connectivity index (χ1v) is 7.05. The minimum absolute atomic E-state index is 0.00285. The van der Waals surface area contributed by atoms with Gasteiger partial charge in [0.2, 0.25) is 0 Å². The Morgan fingerprint density at radius 2 is 1.68 bits per heavy atom. The van der Waals surface area contributed by atoms with E-state index in [0.717, 1.165) is 5.56 Å². The van der Waals surface area contributed by atoms with Crippen molar-refractivity contribution in [3.05, 3.63) is 57.0 Å². The first kappa shape index (κ1) is 15.1. The number of aryl methyl sites for hydroxylation is 1. The fraction of sp³-hybridized carbons (Fsp3) is 0.214.